The van der Waals surface area contributed by atoms with Gasteiger partial charge in [0.2, 0.25) is 0 Å². The largest absolute Gasteiger partial charge is 0.467 e. The molecule has 2 heteroatoms. The van der Waals surface area contributed by atoms with E-state index in [1.165, 1.54) is 5.56 Å². The summed E-state index contributed by atoms with van der Waals surface area (Å²) in [5.41, 5.74) is 2.38. The first-order valence-corrected chi connectivity index (χ1v) is 5.12. The minimum Gasteiger partial charge on any atom is -0.467 e. The van der Waals surface area contributed by atoms with Crippen molar-refractivity contribution >= 4 is 5.69 Å². The lowest BCUT2D eigenvalue weighted by Gasteiger charge is -2.13. The summed E-state index contributed by atoms with van der Waals surface area (Å²) in [5, 5.41) is 3.39. The van der Waals surface area contributed by atoms with Crippen molar-refractivity contribution in [2.75, 3.05) is 5.32 Å². The average Bonchev–Trinajstić information content (AvgIpc) is 2.70. The Hall–Kier alpha value is -1.70. The quantitative estimate of drug-likeness (QED) is 0.817. The summed E-state index contributed by atoms with van der Waals surface area (Å²) in [5.74, 6) is 0.955. The first kappa shape index (κ1) is 9.84. The highest BCUT2D eigenvalue weighted by molar-refractivity contribution is 5.46. The van der Waals surface area contributed by atoms with Gasteiger partial charge < -0.3 is 9.73 Å². The van der Waals surface area contributed by atoms with Crippen molar-refractivity contribution in [2.24, 2.45) is 0 Å². The third-order valence-electron chi connectivity index (χ3n) is 2.37. The second kappa shape index (κ2) is 4.22. The second-order valence-electron chi connectivity index (χ2n) is 3.75. The molecule has 0 unspecified atom stereocenters. The van der Waals surface area contributed by atoms with Gasteiger partial charge in [-0.3, -0.25) is 0 Å². The Morgan fingerprint density at radius 1 is 1.20 bits per heavy atom. The summed E-state index contributed by atoms with van der Waals surface area (Å²) in [7, 11) is 0. The molecule has 1 aromatic carbocycles. The van der Waals surface area contributed by atoms with Crippen LogP contribution in [-0.4, -0.2) is 0 Å². The van der Waals surface area contributed by atoms with Gasteiger partial charge in [0.15, 0.2) is 0 Å². The van der Waals surface area contributed by atoms with Crippen LogP contribution in [0.5, 0.6) is 0 Å². The molecule has 15 heavy (non-hydrogen) atoms. The number of aryl methyl sites for hydroxylation is 1. The normalized spacial score (nSPS) is 12.4. The van der Waals surface area contributed by atoms with Gasteiger partial charge in [0.25, 0.3) is 0 Å². The molecular formula is C13H15NO. The molecule has 1 atom stereocenters. The van der Waals surface area contributed by atoms with E-state index in [9.17, 15) is 0 Å². The molecule has 0 aliphatic heterocycles. The van der Waals surface area contributed by atoms with Crippen molar-refractivity contribution < 1.29 is 4.42 Å². The molecule has 0 radical (unpaired) electrons. The summed E-state index contributed by atoms with van der Waals surface area (Å²) in [6, 6.07) is 12.4. The molecule has 0 saturated heterocycles. The van der Waals surface area contributed by atoms with E-state index < -0.39 is 0 Å². The van der Waals surface area contributed by atoms with Crippen LogP contribution in [0.25, 0.3) is 0 Å². The van der Waals surface area contributed by atoms with Gasteiger partial charge in [0.1, 0.15) is 5.76 Å². The van der Waals surface area contributed by atoms with Crippen molar-refractivity contribution in [2.45, 2.75) is 19.9 Å². The number of hydrogen-bond donors (Lipinski definition) is 1. The Labute approximate surface area is 89.9 Å². The summed E-state index contributed by atoms with van der Waals surface area (Å²) in [4.78, 5) is 0. The fourth-order valence-electron chi connectivity index (χ4n) is 1.59. The van der Waals surface area contributed by atoms with Gasteiger partial charge in [0, 0.05) is 5.69 Å². The van der Waals surface area contributed by atoms with Gasteiger partial charge in [-0.25, -0.2) is 0 Å². The van der Waals surface area contributed by atoms with Crippen LogP contribution in [0.4, 0.5) is 5.69 Å². The molecule has 0 bridgehead atoms. The van der Waals surface area contributed by atoms with Gasteiger partial charge in [-0.2, -0.15) is 0 Å². The molecule has 0 aliphatic rings. The van der Waals surface area contributed by atoms with Gasteiger partial charge >= 0.3 is 0 Å². The lowest BCUT2D eigenvalue weighted by atomic mass is 10.2. The average molecular weight is 201 g/mol. The smallest absolute Gasteiger partial charge is 0.125 e. The highest BCUT2D eigenvalue weighted by atomic mass is 16.3. The molecule has 78 valence electrons. The van der Waals surface area contributed by atoms with E-state index in [0.717, 1.165) is 11.4 Å². The Kier molecular flexibility index (Phi) is 2.77. The van der Waals surface area contributed by atoms with Gasteiger partial charge in [-0.05, 0) is 43.7 Å². The standard InChI is InChI=1S/C13H15NO/c1-10-5-3-6-12(9-10)14-11(2)13-7-4-8-15-13/h3-9,11,14H,1-2H3/t11-/m1/s1. The van der Waals surface area contributed by atoms with Crippen LogP contribution in [-0.2, 0) is 0 Å². The van der Waals surface area contributed by atoms with Crippen molar-refractivity contribution in [1.82, 2.24) is 0 Å². The van der Waals surface area contributed by atoms with E-state index in [-0.39, 0.29) is 6.04 Å². The van der Waals surface area contributed by atoms with Crippen LogP contribution in [0.3, 0.4) is 0 Å². The van der Waals surface area contributed by atoms with Crippen LogP contribution in [0.15, 0.2) is 47.1 Å². The van der Waals surface area contributed by atoms with Gasteiger partial charge in [-0.1, -0.05) is 12.1 Å². The Morgan fingerprint density at radius 3 is 2.73 bits per heavy atom. The molecule has 0 saturated carbocycles. The maximum Gasteiger partial charge on any atom is 0.125 e. The lowest BCUT2D eigenvalue weighted by Crippen LogP contribution is -2.05. The van der Waals surface area contributed by atoms with Crippen LogP contribution in [0.1, 0.15) is 24.3 Å². The van der Waals surface area contributed by atoms with E-state index in [2.05, 4.69) is 37.4 Å². The van der Waals surface area contributed by atoms with Crippen molar-refractivity contribution in [3.05, 3.63) is 54.0 Å². The molecule has 0 aliphatic carbocycles. The minimum atomic E-state index is 0.196. The molecule has 0 amide bonds. The summed E-state index contributed by atoms with van der Waals surface area (Å²) >= 11 is 0. The Bertz CT molecular complexity index is 420. The first-order valence-electron chi connectivity index (χ1n) is 5.12. The predicted molar refractivity (Wildman–Crippen MR) is 61.9 cm³/mol. The van der Waals surface area contributed by atoms with E-state index in [4.69, 9.17) is 4.42 Å². The van der Waals surface area contributed by atoms with Crippen molar-refractivity contribution in [3.8, 4) is 0 Å². The predicted octanol–water partition coefficient (Wildman–Crippen LogP) is 3.76. The highest BCUT2D eigenvalue weighted by Gasteiger charge is 2.07. The van der Waals surface area contributed by atoms with E-state index in [1.807, 2.05) is 18.2 Å². The summed E-state index contributed by atoms with van der Waals surface area (Å²) in [6.07, 6.45) is 1.70. The summed E-state index contributed by atoms with van der Waals surface area (Å²) in [6.45, 7) is 4.17. The number of hydrogen-bond acceptors (Lipinski definition) is 2. The molecular weight excluding hydrogens is 186 g/mol. The summed E-state index contributed by atoms with van der Waals surface area (Å²) < 4.78 is 5.34. The van der Waals surface area contributed by atoms with Crippen LogP contribution >= 0.6 is 0 Å². The molecule has 0 fully saturated rings. The zero-order valence-corrected chi connectivity index (χ0v) is 9.03. The minimum absolute atomic E-state index is 0.196. The van der Waals surface area contributed by atoms with Crippen molar-refractivity contribution in [3.63, 3.8) is 0 Å². The maximum atomic E-state index is 5.34. The molecule has 2 rings (SSSR count). The first-order chi connectivity index (χ1) is 7.25. The molecule has 2 nitrogen and oxygen atoms in total. The topological polar surface area (TPSA) is 25.2 Å². The molecule has 2 aromatic rings. The van der Waals surface area contributed by atoms with Gasteiger partial charge in [-0.15, -0.1) is 0 Å². The van der Waals surface area contributed by atoms with Crippen molar-refractivity contribution in [1.29, 1.82) is 0 Å². The zero-order valence-electron chi connectivity index (χ0n) is 9.03. The fourth-order valence-corrected chi connectivity index (χ4v) is 1.59. The van der Waals surface area contributed by atoms with Crippen LogP contribution in [0.2, 0.25) is 0 Å². The van der Waals surface area contributed by atoms with E-state index >= 15 is 0 Å². The van der Waals surface area contributed by atoms with Crippen LogP contribution in [0, 0.1) is 6.92 Å². The number of benzene rings is 1. The fraction of sp³-hybridized carbons (Fsp3) is 0.231. The monoisotopic (exact) mass is 201 g/mol. The third-order valence-corrected chi connectivity index (χ3v) is 2.37. The molecule has 1 aromatic heterocycles. The lowest BCUT2D eigenvalue weighted by molar-refractivity contribution is 0.490. The van der Waals surface area contributed by atoms with E-state index in [0.29, 0.717) is 0 Å². The Morgan fingerprint density at radius 2 is 2.07 bits per heavy atom. The number of rotatable bonds is 3. The third kappa shape index (κ3) is 2.40. The molecule has 1 heterocycles. The maximum absolute atomic E-state index is 5.34. The second-order valence-corrected chi connectivity index (χ2v) is 3.75. The van der Waals surface area contributed by atoms with Gasteiger partial charge in [0.05, 0.1) is 12.3 Å². The Balaban J connectivity index is 2.09. The van der Waals surface area contributed by atoms with Crippen LogP contribution < -0.4 is 5.32 Å². The van der Waals surface area contributed by atoms with E-state index in [1.54, 1.807) is 6.26 Å². The number of furan rings is 1. The number of nitrogens with one attached hydrogen (secondary N) is 1. The number of anilines is 1. The SMILES string of the molecule is Cc1cccc(N[C@H](C)c2ccco2)c1. The molecule has 1 N–H and O–H groups in total. The highest BCUT2D eigenvalue weighted by Crippen LogP contribution is 2.19. The zero-order chi connectivity index (χ0) is 10.7. The molecule has 0 spiro atoms.